The van der Waals surface area contributed by atoms with Crippen molar-refractivity contribution >= 4 is 12.0 Å². The number of carboxylic acid groups (broad SMARTS) is 1. The molecule has 2 unspecified atom stereocenters. The fourth-order valence-electron chi connectivity index (χ4n) is 3.37. The minimum atomic E-state index is -1.04. The van der Waals surface area contributed by atoms with Gasteiger partial charge in [0.1, 0.15) is 5.54 Å². The van der Waals surface area contributed by atoms with E-state index in [1.807, 2.05) is 0 Å². The number of carbonyl (C=O) groups excluding carboxylic acids is 1. The molecule has 0 aromatic rings. The quantitative estimate of drug-likeness (QED) is 0.734. The van der Waals surface area contributed by atoms with Gasteiger partial charge in [-0.3, -0.25) is 0 Å². The van der Waals surface area contributed by atoms with Gasteiger partial charge in [0.2, 0.25) is 0 Å². The molecule has 0 aromatic carbocycles. The third-order valence-electron chi connectivity index (χ3n) is 4.49. The largest absolute Gasteiger partial charge is 0.480 e. The lowest BCUT2D eigenvalue weighted by molar-refractivity contribution is -0.144. The second kappa shape index (κ2) is 5.80. The van der Waals surface area contributed by atoms with Crippen molar-refractivity contribution < 1.29 is 14.7 Å². The van der Waals surface area contributed by atoms with Crippen LogP contribution >= 0.6 is 0 Å². The third-order valence-corrected chi connectivity index (χ3v) is 4.49. The summed E-state index contributed by atoms with van der Waals surface area (Å²) in [6.07, 6.45) is 7.16. The summed E-state index contributed by atoms with van der Waals surface area (Å²) in [6, 6.07) is -0.126. The third kappa shape index (κ3) is 3.39. The summed E-state index contributed by atoms with van der Waals surface area (Å²) in [5, 5.41) is 15.0. The van der Waals surface area contributed by atoms with Crippen molar-refractivity contribution in [2.24, 2.45) is 5.92 Å². The van der Waals surface area contributed by atoms with Gasteiger partial charge in [0.25, 0.3) is 0 Å². The molecule has 2 saturated carbocycles. The van der Waals surface area contributed by atoms with Crippen LogP contribution in [-0.2, 0) is 4.79 Å². The van der Waals surface area contributed by atoms with Crippen molar-refractivity contribution in [3.63, 3.8) is 0 Å². The van der Waals surface area contributed by atoms with E-state index >= 15 is 0 Å². The Labute approximate surface area is 114 Å². The van der Waals surface area contributed by atoms with E-state index in [4.69, 9.17) is 0 Å². The smallest absolute Gasteiger partial charge is 0.329 e. The van der Waals surface area contributed by atoms with Gasteiger partial charge in [-0.15, -0.1) is 0 Å². The number of hydrogen-bond donors (Lipinski definition) is 3. The number of carbonyl (C=O) groups is 2. The normalized spacial score (nSPS) is 29.7. The zero-order valence-corrected chi connectivity index (χ0v) is 11.6. The summed E-state index contributed by atoms with van der Waals surface area (Å²) < 4.78 is 0. The molecule has 0 aromatic heterocycles. The standard InChI is InChI=1S/C14H24N2O3/c1-10-5-4-6-11(9-10)15-13(19)16-14(12(17)18)7-2-3-8-14/h10-11H,2-9H2,1H3,(H,17,18)(H2,15,16,19). The van der Waals surface area contributed by atoms with Gasteiger partial charge in [-0.1, -0.05) is 32.6 Å². The van der Waals surface area contributed by atoms with Crippen molar-refractivity contribution in [1.82, 2.24) is 10.6 Å². The number of urea groups is 1. The average molecular weight is 268 g/mol. The number of aliphatic carboxylic acids is 1. The van der Waals surface area contributed by atoms with Crippen LogP contribution in [0.3, 0.4) is 0 Å². The maximum Gasteiger partial charge on any atom is 0.329 e. The molecular weight excluding hydrogens is 244 g/mol. The van der Waals surface area contributed by atoms with Gasteiger partial charge in [0.15, 0.2) is 0 Å². The second-order valence-electron chi connectivity index (χ2n) is 6.16. The minimum Gasteiger partial charge on any atom is -0.480 e. The Morgan fingerprint density at radius 2 is 1.84 bits per heavy atom. The van der Waals surface area contributed by atoms with Gasteiger partial charge in [0.05, 0.1) is 0 Å². The van der Waals surface area contributed by atoms with Gasteiger partial charge in [-0.05, 0) is 31.6 Å². The van der Waals surface area contributed by atoms with Crippen LogP contribution in [0.25, 0.3) is 0 Å². The van der Waals surface area contributed by atoms with E-state index in [0.29, 0.717) is 18.8 Å². The SMILES string of the molecule is CC1CCCC(NC(=O)NC2(C(=O)O)CCCC2)C1. The van der Waals surface area contributed by atoms with Crippen LogP contribution in [0.1, 0.15) is 58.3 Å². The molecular formula is C14H24N2O3. The Morgan fingerprint density at radius 3 is 2.42 bits per heavy atom. The van der Waals surface area contributed by atoms with E-state index in [1.165, 1.54) is 6.42 Å². The fourth-order valence-corrected chi connectivity index (χ4v) is 3.37. The monoisotopic (exact) mass is 268 g/mol. The van der Waals surface area contributed by atoms with Crippen LogP contribution in [0.5, 0.6) is 0 Å². The van der Waals surface area contributed by atoms with Crippen LogP contribution in [0.2, 0.25) is 0 Å². The second-order valence-corrected chi connectivity index (χ2v) is 6.16. The Morgan fingerprint density at radius 1 is 1.16 bits per heavy atom. The van der Waals surface area contributed by atoms with Crippen LogP contribution in [0.4, 0.5) is 4.79 Å². The van der Waals surface area contributed by atoms with Crippen LogP contribution in [-0.4, -0.2) is 28.7 Å². The highest BCUT2D eigenvalue weighted by Crippen LogP contribution is 2.30. The Hall–Kier alpha value is -1.26. The van der Waals surface area contributed by atoms with Gasteiger partial charge in [0, 0.05) is 6.04 Å². The number of nitrogens with one attached hydrogen (secondary N) is 2. The van der Waals surface area contributed by atoms with Gasteiger partial charge >= 0.3 is 12.0 Å². The average Bonchev–Trinajstić information content (AvgIpc) is 2.78. The highest BCUT2D eigenvalue weighted by Gasteiger charge is 2.42. The van der Waals surface area contributed by atoms with E-state index in [0.717, 1.165) is 32.1 Å². The van der Waals surface area contributed by atoms with Crippen molar-refractivity contribution in [2.75, 3.05) is 0 Å². The summed E-state index contributed by atoms with van der Waals surface area (Å²) in [5.41, 5.74) is -1.04. The van der Waals surface area contributed by atoms with E-state index < -0.39 is 11.5 Å². The van der Waals surface area contributed by atoms with E-state index in [1.54, 1.807) is 0 Å². The first-order chi connectivity index (χ1) is 9.02. The first-order valence-corrected chi connectivity index (χ1v) is 7.34. The molecule has 2 aliphatic carbocycles. The number of hydrogen-bond acceptors (Lipinski definition) is 2. The number of carboxylic acids is 1. The van der Waals surface area contributed by atoms with Crippen molar-refractivity contribution in [2.45, 2.75) is 69.9 Å². The highest BCUT2D eigenvalue weighted by molar-refractivity contribution is 5.86. The predicted molar refractivity (Wildman–Crippen MR) is 71.9 cm³/mol. The zero-order chi connectivity index (χ0) is 13.9. The maximum absolute atomic E-state index is 12.0. The summed E-state index contributed by atoms with van der Waals surface area (Å²) in [4.78, 5) is 23.4. The number of rotatable bonds is 3. The predicted octanol–water partition coefficient (Wildman–Crippen LogP) is 2.26. The molecule has 0 saturated heterocycles. The lowest BCUT2D eigenvalue weighted by Crippen LogP contribution is -2.57. The van der Waals surface area contributed by atoms with Crippen molar-refractivity contribution in [3.8, 4) is 0 Å². The summed E-state index contributed by atoms with van der Waals surface area (Å²) >= 11 is 0. The van der Waals surface area contributed by atoms with Gasteiger partial charge in [-0.25, -0.2) is 9.59 Å². The Bertz CT molecular complexity index is 351. The lowest BCUT2D eigenvalue weighted by Gasteiger charge is -2.30. The van der Waals surface area contributed by atoms with E-state index in [2.05, 4.69) is 17.6 Å². The first-order valence-electron chi connectivity index (χ1n) is 7.34. The van der Waals surface area contributed by atoms with Crippen LogP contribution < -0.4 is 10.6 Å². The fraction of sp³-hybridized carbons (Fsp3) is 0.857. The molecule has 19 heavy (non-hydrogen) atoms. The molecule has 3 N–H and O–H groups in total. The van der Waals surface area contributed by atoms with Crippen LogP contribution in [0, 0.1) is 5.92 Å². The molecule has 5 nitrogen and oxygen atoms in total. The molecule has 0 spiro atoms. The Balaban J connectivity index is 1.87. The molecule has 2 atom stereocenters. The molecule has 0 heterocycles. The molecule has 108 valence electrons. The Kier molecular flexibility index (Phi) is 4.32. The van der Waals surface area contributed by atoms with Gasteiger partial charge < -0.3 is 15.7 Å². The molecule has 2 fully saturated rings. The molecule has 0 aliphatic heterocycles. The number of amides is 2. The lowest BCUT2D eigenvalue weighted by atomic mass is 9.87. The molecule has 0 radical (unpaired) electrons. The maximum atomic E-state index is 12.0. The molecule has 2 rings (SSSR count). The summed E-state index contributed by atoms with van der Waals surface area (Å²) in [7, 11) is 0. The molecule has 2 aliphatic rings. The van der Waals surface area contributed by atoms with E-state index in [9.17, 15) is 14.7 Å². The zero-order valence-electron chi connectivity index (χ0n) is 11.6. The van der Waals surface area contributed by atoms with Crippen molar-refractivity contribution in [3.05, 3.63) is 0 Å². The highest BCUT2D eigenvalue weighted by atomic mass is 16.4. The van der Waals surface area contributed by atoms with Gasteiger partial charge in [-0.2, -0.15) is 0 Å². The first kappa shape index (κ1) is 14.2. The van der Waals surface area contributed by atoms with E-state index in [-0.39, 0.29) is 12.1 Å². The minimum absolute atomic E-state index is 0.191. The molecule has 5 heteroatoms. The van der Waals surface area contributed by atoms with Crippen molar-refractivity contribution in [1.29, 1.82) is 0 Å². The van der Waals surface area contributed by atoms with Crippen LogP contribution in [0.15, 0.2) is 0 Å². The topological polar surface area (TPSA) is 78.4 Å². The summed E-state index contributed by atoms with van der Waals surface area (Å²) in [5.74, 6) is -0.267. The molecule has 0 bridgehead atoms. The summed E-state index contributed by atoms with van der Waals surface area (Å²) in [6.45, 7) is 2.20. The molecule has 2 amide bonds.